The Balaban J connectivity index is 1.34. The van der Waals surface area contributed by atoms with Crippen LogP contribution in [0.25, 0.3) is 0 Å². The smallest absolute Gasteiger partial charge is 0.257 e. The zero-order valence-corrected chi connectivity index (χ0v) is 15.2. The van der Waals surface area contributed by atoms with E-state index in [0.717, 1.165) is 36.4 Å². The van der Waals surface area contributed by atoms with Crippen LogP contribution < -0.4 is 0 Å². The molecule has 2 fully saturated rings. The van der Waals surface area contributed by atoms with Crippen molar-refractivity contribution in [2.75, 3.05) is 32.7 Å². The highest BCUT2D eigenvalue weighted by atomic mass is 16.2. The SMILES string of the molecule is O=C(CN1C(=O)CCC1=O)N1CCN(C(=O)c2cnn3c2CCCC3)CC1. The highest BCUT2D eigenvalue weighted by Crippen LogP contribution is 2.20. The Labute approximate surface area is 156 Å². The van der Waals surface area contributed by atoms with Crippen molar-refractivity contribution in [1.29, 1.82) is 0 Å². The van der Waals surface area contributed by atoms with E-state index < -0.39 is 0 Å². The molecule has 0 N–H and O–H groups in total. The lowest BCUT2D eigenvalue weighted by molar-refractivity contribution is -0.146. The van der Waals surface area contributed by atoms with E-state index in [9.17, 15) is 19.2 Å². The van der Waals surface area contributed by atoms with Gasteiger partial charge in [-0.05, 0) is 19.3 Å². The minimum absolute atomic E-state index is 0.0323. The Kier molecular flexibility index (Phi) is 4.67. The number of aryl methyl sites for hydroxylation is 1. The molecule has 4 heterocycles. The Morgan fingerprint density at radius 1 is 0.889 bits per heavy atom. The molecule has 4 amide bonds. The number of carbonyl (C=O) groups excluding carboxylic acids is 4. The molecule has 0 unspecified atom stereocenters. The standard InChI is InChI=1S/C18H23N5O4/c24-15-4-5-16(25)22(15)12-17(26)20-7-9-21(10-8-20)18(27)13-11-19-23-6-2-1-3-14(13)23/h11H,1-10,12H2. The third-order valence-corrected chi connectivity index (χ3v) is 5.58. The molecule has 1 aromatic heterocycles. The number of aromatic nitrogens is 2. The van der Waals surface area contributed by atoms with Gasteiger partial charge >= 0.3 is 0 Å². The van der Waals surface area contributed by atoms with Crippen molar-refractivity contribution in [2.45, 2.75) is 38.6 Å². The van der Waals surface area contributed by atoms with Gasteiger partial charge in [-0.25, -0.2) is 0 Å². The van der Waals surface area contributed by atoms with E-state index in [1.807, 2.05) is 4.68 Å². The van der Waals surface area contributed by atoms with Gasteiger partial charge in [-0.3, -0.25) is 28.8 Å². The molecule has 4 rings (SSSR count). The molecule has 3 aliphatic heterocycles. The third-order valence-electron chi connectivity index (χ3n) is 5.58. The topological polar surface area (TPSA) is 95.8 Å². The molecule has 0 bridgehead atoms. The Bertz CT molecular complexity index is 778. The van der Waals surface area contributed by atoms with Crippen molar-refractivity contribution >= 4 is 23.6 Å². The number of piperazine rings is 1. The van der Waals surface area contributed by atoms with Crippen LogP contribution in [0.1, 0.15) is 41.7 Å². The van der Waals surface area contributed by atoms with Crippen LogP contribution in [-0.4, -0.2) is 80.8 Å². The molecule has 0 spiro atoms. The normalized spacial score (nSPS) is 20.2. The molecule has 0 aromatic carbocycles. The van der Waals surface area contributed by atoms with Crippen molar-refractivity contribution in [2.24, 2.45) is 0 Å². The van der Waals surface area contributed by atoms with Gasteiger partial charge in [0.1, 0.15) is 6.54 Å². The van der Waals surface area contributed by atoms with Crippen LogP contribution in [0, 0.1) is 0 Å². The number of imide groups is 1. The summed E-state index contributed by atoms with van der Waals surface area (Å²) >= 11 is 0. The number of likely N-dealkylation sites (tertiary alicyclic amines) is 1. The minimum atomic E-state index is -0.284. The lowest BCUT2D eigenvalue weighted by Crippen LogP contribution is -2.53. The maximum absolute atomic E-state index is 12.8. The maximum Gasteiger partial charge on any atom is 0.257 e. The first kappa shape index (κ1) is 17.7. The zero-order chi connectivity index (χ0) is 19.0. The van der Waals surface area contributed by atoms with Crippen molar-refractivity contribution in [3.05, 3.63) is 17.5 Å². The molecule has 2 saturated heterocycles. The summed E-state index contributed by atoms with van der Waals surface area (Å²) in [6.07, 6.45) is 5.06. The second-order valence-corrected chi connectivity index (χ2v) is 7.23. The van der Waals surface area contributed by atoms with Gasteiger partial charge in [0.05, 0.1) is 17.5 Å². The van der Waals surface area contributed by atoms with Crippen LogP contribution in [0.2, 0.25) is 0 Å². The number of hydrogen-bond donors (Lipinski definition) is 0. The van der Waals surface area contributed by atoms with Gasteiger partial charge < -0.3 is 9.80 Å². The molecule has 3 aliphatic rings. The van der Waals surface area contributed by atoms with Gasteiger partial charge in [-0.1, -0.05) is 0 Å². The van der Waals surface area contributed by atoms with E-state index >= 15 is 0 Å². The Hall–Kier alpha value is -2.71. The number of fused-ring (bicyclic) bond motifs is 1. The molecule has 0 atom stereocenters. The number of hydrogen-bond acceptors (Lipinski definition) is 5. The molecule has 9 nitrogen and oxygen atoms in total. The molecule has 1 aromatic rings. The molecule has 0 aliphatic carbocycles. The lowest BCUT2D eigenvalue weighted by Gasteiger charge is -2.35. The van der Waals surface area contributed by atoms with Crippen LogP contribution in [0.3, 0.4) is 0 Å². The predicted octanol–water partition coefficient (Wildman–Crippen LogP) is -0.347. The summed E-state index contributed by atoms with van der Waals surface area (Å²) in [6, 6.07) is 0. The second-order valence-electron chi connectivity index (χ2n) is 7.23. The maximum atomic E-state index is 12.8. The van der Waals surface area contributed by atoms with E-state index in [1.54, 1.807) is 16.0 Å². The first-order valence-electron chi connectivity index (χ1n) is 9.49. The summed E-state index contributed by atoms with van der Waals surface area (Å²) < 4.78 is 1.92. The van der Waals surface area contributed by atoms with Gasteiger partial charge in [-0.2, -0.15) is 5.10 Å². The summed E-state index contributed by atoms with van der Waals surface area (Å²) in [5.41, 5.74) is 1.68. The monoisotopic (exact) mass is 373 g/mol. The van der Waals surface area contributed by atoms with E-state index in [0.29, 0.717) is 31.7 Å². The van der Waals surface area contributed by atoms with Gasteiger partial charge in [0, 0.05) is 45.6 Å². The van der Waals surface area contributed by atoms with Gasteiger partial charge in [0.25, 0.3) is 5.91 Å². The quantitative estimate of drug-likeness (QED) is 0.675. The summed E-state index contributed by atoms with van der Waals surface area (Å²) in [4.78, 5) is 53.0. The van der Waals surface area contributed by atoms with Crippen molar-refractivity contribution < 1.29 is 19.2 Å². The van der Waals surface area contributed by atoms with Gasteiger partial charge in [-0.15, -0.1) is 0 Å². The number of nitrogens with zero attached hydrogens (tertiary/aromatic N) is 5. The van der Waals surface area contributed by atoms with E-state index in [4.69, 9.17) is 0 Å². The molecule has 27 heavy (non-hydrogen) atoms. The summed E-state index contributed by atoms with van der Waals surface area (Å²) in [7, 11) is 0. The highest BCUT2D eigenvalue weighted by molar-refractivity contribution is 6.04. The molecular weight excluding hydrogens is 350 g/mol. The zero-order valence-electron chi connectivity index (χ0n) is 15.2. The third kappa shape index (κ3) is 3.33. The van der Waals surface area contributed by atoms with Crippen LogP contribution in [-0.2, 0) is 27.3 Å². The van der Waals surface area contributed by atoms with Crippen LogP contribution >= 0.6 is 0 Å². The van der Waals surface area contributed by atoms with Crippen LogP contribution in [0.15, 0.2) is 6.20 Å². The molecule has 0 saturated carbocycles. The van der Waals surface area contributed by atoms with E-state index in [-0.39, 0.29) is 43.0 Å². The predicted molar refractivity (Wildman–Crippen MR) is 93.6 cm³/mol. The average molecular weight is 373 g/mol. The number of carbonyl (C=O) groups is 4. The first-order chi connectivity index (χ1) is 13.0. The fourth-order valence-electron chi connectivity index (χ4n) is 3.96. The first-order valence-corrected chi connectivity index (χ1v) is 9.49. The molecule has 9 heteroatoms. The number of amides is 4. The second kappa shape index (κ2) is 7.13. The fourth-order valence-corrected chi connectivity index (χ4v) is 3.96. The average Bonchev–Trinajstić information content (AvgIpc) is 3.26. The fraction of sp³-hybridized carbons (Fsp3) is 0.611. The van der Waals surface area contributed by atoms with Gasteiger partial charge in [0.15, 0.2) is 0 Å². The lowest BCUT2D eigenvalue weighted by atomic mass is 10.1. The summed E-state index contributed by atoms with van der Waals surface area (Å²) in [6.45, 7) is 2.37. The summed E-state index contributed by atoms with van der Waals surface area (Å²) in [5, 5.41) is 4.32. The van der Waals surface area contributed by atoms with Gasteiger partial charge in [0.2, 0.25) is 17.7 Å². The van der Waals surface area contributed by atoms with Crippen LogP contribution in [0.4, 0.5) is 0 Å². The summed E-state index contributed by atoms with van der Waals surface area (Å²) in [5.74, 6) is -0.843. The molecule has 0 radical (unpaired) electrons. The molecule has 144 valence electrons. The Morgan fingerprint density at radius 2 is 1.56 bits per heavy atom. The van der Waals surface area contributed by atoms with E-state index in [2.05, 4.69) is 5.10 Å². The number of rotatable bonds is 3. The highest BCUT2D eigenvalue weighted by Gasteiger charge is 2.33. The van der Waals surface area contributed by atoms with Crippen molar-refractivity contribution in [3.63, 3.8) is 0 Å². The van der Waals surface area contributed by atoms with Crippen LogP contribution in [0.5, 0.6) is 0 Å². The molecular formula is C18H23N5O4. The Morgan fingerprint density at radius 3 is 2.26 bits per heavy atom. The van der Waals surface area contributed by atoms with Crippen molar-refractivity contribution in [1.82, 2.24) is 24.5 Å². The minimum Gasteiger partial charge on any atom is -0.338 e. The van der Waals surface area contributed by atoms with E-state index in [1.165, 1.54) is 0 Å². The van der Waals surface area contributed by atoms with Crippen molar-refractivity contribution in [3.8, 4) is 0 Å². The largest absolute Gasteiger partial charge is 0.338 e.